The van der Waals surface area contributed by atoms with Crippen molar-refractivity contribution in [3.8, 4) is 0 Å². The third-order valence-corrected chi connectivity index (χ3v) is 12.1. The monoisotopic (exact) mass is 897 g/mol. The van der Waals surface area contributed by atoms with E-state index < -0.39 is 6.10 Å². The molecule has 0 rings (SSSR count). The molecule has 0 aliphatic rings. The topological polar surface area (TPSA) is 78.9 Å². The number of rotatable bonds is 50. The second kappa shape index (κ2) is 53.0. The minimum Gasteiger partial charge on any atom is -0.462 e. The van der Waals surface area contributed by atoms with Gasteiger partial charge in [0, 0.05) is 19.3 Å². The van der Waals surface area contributed by atoms with Gasteiger partial charge in [0.25, 0.3) is 0 Å². The van der Waals surface area contributed by atoms with Crippen LogP contribution in [-0.4, -0.2) is 37.2 Å². The van der Waals surface area contributed by atoms with E-state index in [4.69, 9.17) is 14.2 Å². The van der Waals surface area contributed by atoms with E-state index in [1.807, 2.05) is 6.08 Å². The Kier molecular flexibility index (Phi) is 50.8. The predicted molar refractivity (Wildman–Crippen MR) is 275 cm³/mol. The van der Waals surface area contributed by atoms with Crippen LogP contribution in [0.15, 0.2) is 48.6 Å². The molecule has 6 heteroatoms. The van der Waals surface area contributed by atoms with E-state index in [0.29, 0.717) is 19.3 Å². The number of unbranched alkanes of at least 4 members (excludes halogenated alkanes) is 32. The maximum absolute atomic E-state index is 12.8. The first-order chi connectivity index (χ1) is 31.5. The van der Waals surface area contributed by atoms with E-state index in [2.05, 4.69) is 63.3 Å². The van der Waals surface area contributed by atoms with Crippen molar-refractivity contribution in [2.75, 3.05) is 13.2 Å². The lowest BCUT2D eigenvalue weighted by atomic mass is 10.0. The molecule has 372 valence electrons. The summed E-state index contributed by atoms with van der Waals surface area (Å²) >= 11 is 0. The summed E-state index contributed by atoms with van der Waals surface area (Å²) in [6.07, 6.45) is 64.0. The number of esters is 3. The van der Waals surface area contributed by atoms with Gasteiger partial charge in [0.15, 0.2) is 6.10 Å². The van der Waals surface area contributed by atoms with Crippen LogP contribution in [0.5, 0.6) is 0 Å². The normalized spacial score (nSPS) is 12.4. The molecule has 0 radical (unpaired) electrons. The minimum atomic E-state index is -0.799. The molecule has 0 aromatic heterocycles. The quantitative estimate of drug-likeness (QED) is 0.0199. The Labute approximate surface area is 397 Å². The van der Waals surface area contributed by atoms with Crippen molar-refractivity contribution >= 4 is 17.9 Å². The largest absolute Gasteiger partial charge is 0.462 e. The van der Waals surface area contributed by atoms with Crippen LogP contribution in [0.3, 0.4) is 0 Å². The fraction of sp³-hybridized carbons (Fsp3) is 0.810. The Hall–Kier alpha value is -2.63. The Bertz CT molecular complexity index is 1120. The first kappa shape index (κ1) is 61.4. The lowest BCUT2D eigenvalue weighted by Gasteiger charge is -2.18. The number of hydrogen-bond acceptors (Lipinski definition) is 6. The van der Waals surface area contributed by atoms with Gasteiger partial charge in [0.2, 0.25) is 0 Å². The smallest absolute Gasteiger partial charge is 0.306 e. The van der Waals surface area contributed by atoms with Gasteiger partial charge in [-0.05, 0) is 64.2 Å². The van der Waals surface area contributed by atoms with Gasteiger partial charge in [-0.2, -0.15) is 0 Å². The number of allylic oxidation sites excluding steroid dienone is 8. The van der Waals surface area contributed by atoms with Gasteiger partial charge < -0.3 is 14.2 Å². The van der Waals surface area contributed by atoms with Crippen LogP contribution in [0.1, 0.15) is 284 Å². The Balaban J connectivity index is 4.39. The van der Waals surface area contributed by atoms with Crippen molar-refractivity contribution in [3.05, 3.63) is 48.6 Å². The molecule has 0 aromatic carbocycles. The van der Waals surface area contributed by atoms with E-state index >= 15 is 0 Å². The predicted octanol–water partition coefficient (Wildman–Crippen LogP) is 18.3. The average Bonchev–Trinajstić information content (AvgIpc) is 3.29. The molecule has 0 spiro atoms. The number of hydrogen-bond donors (Lipinski definition) is 0. The highest BCUT2D eigenvalue weighted by Gasteiger charge is 2.19. The van der Waals surface area contributed by atoms with Crippen LogP contribution in [0.2, 0.25) is 0 Å². The molecule has 0 saturated heterocycles. The molecular formula is C58H104O6. The summed E-state index contributed by atoms with van der Waals surface area (Å²) in [7, 11) is 0. The van der Waals surface area contributed by atoms with Gasteiger partial charge in [0.1, 0.15) is 13.2 Å². The van der Waals surface area contributed by atoms with E-state index in [9.17, 15) is 14.4 Å². The minimum absolute atomic E-state index is 0.0923. The van der Waals surface area contributed by atoms with E-state index in [1.54, 1.807) is 0 Å². The highest BCUT2D eigenvalue weighted by molar-refractivity contribution is 5.71. The molecule has 0 aliphatic carbocycles. The van der Waals surface area contributed by atoms with Crippen molar-refractivity contribution in [2.45, 2.75) is 290 Å². The molecule has 1 unspecified atom stereocenters. The highest BCUT2D eigenvalue weighted by Crippen LogP contribution is 2.16. The van der Waals surface area contributed by atoms with Gasteiger partial charge in [0.05, 0.1) is 0 Å². The van der Waals surface area contributed by atoms with Crippen molar-refractivity contribution in [3.63, 3.8) is 0 Å². The van der Waals surface area contributed by atoms with E-state index in [-0.39, 0.29) is 37.5 Å². The second-order valence-electron chi connectivity index (χ2n) is 18.5. The van der Waals surface area contributed by atoms with Gasteiger partial charge in [-0.15, -0.1) is 0 Å². The summed E-state index contributed by atoms with van der Waals surface area (Å²) in [6.45, 7) is 6.57. The molecule has 0 aliphatic heterocycles. The van der Waals surface area contributed by atoms with Gasteiger partial charge in [-0.25, -0.2) is 0 Å². The molecule has 0 aromatic rings. The first-order valence-corrected chi connectivity index (χ1v) is 27.7. The zero-order chi connectivity index (χ0) is 46.5. The number of carbonyl (C=O) groups excluding carboxylic acids is 3. The zero-order valence-corrected chi connectivity index (χ0v) is 42.6. The van der Waals surface area contributed by atoms with Crippen LogP contribution in [0.4, 0.5) is 0 Å². The maximum atomic E-state index is 12.8. The van der Waals surface area contributed by atoms with E-state index in [0.717, 1.165) is 64.2 Å². The fourth-order valence-electron chi connectivity index (χ4n) is 7.90. The van der Waals surface area contributed by atoms with Crippen molar-refractivity contribution in [1.29, 1.82) is 0 Å². The van der Waals surface area contributed by atoms with E-state index in [1.165, 1.54) is 173 Å². The number of ether oxygens (including phenoxy) is 3. The third-order valence-electron chi connectivity index (χ3n) is 12.1. The Morgan fingerprint density at radius 2 is 0.641 bits per heavy atom. The van der Waals surface area contributed by atoms with Crippen molar-refractivity contribution in [1.82, 2.24) is 0 Å². The Morgan fingerprint density at radius 1 is 0.328 bits per heavy atom. The standard InChI is InChI=1S/C58H104O6/c1-4-7-10-13-16-19-22-25-27-28-29-31-33-36-39-42-45-48-51-57(60)63-54-55(53-62-56(59)50-47-44-41-38-35-32-24-21-18-15-12-9-6-3)64-58(61)52-49-46-43-40-37-34-30-26-23-20-17-14-11-8-5-2/h17,20,23,26,32,35,41,44,55H,4-16,18-19,21-22,24-25,27-31,33-34,36-40,42-43,45-54H2,1-3H3/b20-17-,26-23-,35-32-,44-41-. The van der Waals surface area contributed by atoms with Crippen molar-refractivity contribution < 1.29 is 28.6 Å². The molecule has 1 atom stereocenters. The van der Waals surface area contributed by atoms with Crippen LogP contribution in [0.25, 0.3) is 0 Å². The summed E-state index contributed by atoms with van der Waals surface area (Å²) in [5, 5.41) is 0. The second-order valence-corrected chi connectivity index (χ2v) is 18.5. The van der Waals surface area contributed by atoms with Crippen LogP contribution < -0.4 is 0 Å². The van der Waals surface area contributed by atoms with Crippen LogP contribution in [0, 0.1) is 0 Å². The maximum Gasteiger partial charge on any atom is 0.306 e. The van der Waals surface area contributed by atoms with Crippen molar-refractivity contribution in [2.24, 2.45) is 0 Å². The fourth-order valence-corrected chi connectivity index (χ4v) is 7.90. The summed E-state index contributed by atoms with van der Waals surface area (Å²) in [5.74, 6) is -0.964. The summed E-state index contributed by atoms with van der Waals surface area (Å²) < 4.78 is 16.8. The molecule has 0 fully saturated rings. The molecule has 0 saturated carbocycles. The highest BCUT2D eigenvalue weighted by atomic mass is 16.6. The average molecular weight is 897 g/mol. The molecule has 0 amide bonds. The Morgan fingerprint density at radius 3 is 1.08 bits per heavy atom. The van der Waals surface area contributed by atoms with Crippen LogP contribution in [-0.2, 0) is 28.6 Å². The molecule has 64 heavy (non-hydrogen) atoms. The molecule has 0 bridgehead atoms. The van der Waals surface area contributed by atoms with Crippen LogP contribution >= 0.6 is 0 Å². The lowest BCUT2D eigenvalue weighted by molar-refractivity contribution is -0.166. The van der Waals surface area contributed by atoms with Gasteiger partial charge in [-0.1, -0.05) is 249 Å². The lowest BCUT2D eigenvalue weighted by Crippen LogP contribution is -2.30. The molecule has 6 nitrogen and oxygen atoms in total. The summed E-state index contributed by atoms with van der Waals surface area (Å²) in [4.78, 5) is 38.0. The third kappa shape index (κ3) is 50.4. The first-order valence-electron chi connectivity index (χ1n) is 27.7. The van der Waals surface area contributed by atoms with Gasteiger partial charge >= 0.3 is 17.9 Å². The summed E-state index contributed by atoms with van der Waals surface area (Å²) in [6, 6.07) is 0. The van der Waals surface area contributed by atoms with Gasteiger partial charge in [-0.3, -0.25) is 14.4 Å². The molecule has 0 N–H and O–H groups in total. The molecular weight excluding hydrogens is 793 g/mol. The molecule has 0 heterocycles. The summed E-state index contributed by atoms with van der Waals surface area (Å²) in [5.41, 5.74) is 0. The number of carbonyl (C=O) groups is 3. The zero-order valence-electron chi connectivity index (χ0n) is 42.6. The SMILES string of the molecule is CCCCC/C=C\C=C/CCCCCCCCC(=O)OC(COC(=O)CC/C=C\C/C=C\CCCCCCCC)COC(=O)CCCCCCCCCCCCCCCCCCCC.